The van der Waals surface area contributed by atoms with Crippen molar-refractivity contribution < 1.29 is 33.0 Å². The Labute approximate surface area is 182 Å². The van der Waals surface area contributed by atoms with Crippen LogP contribution in [0, 0.1) is 5.82 Å². The molecule has 1 heterocycles. The number of anilines is 1. The van der Waals surface area contributed by atoms with Crippen LogP contribution in [-0.2, 0) is 9.53 Å². The molecule has 1 aliphatic rings. The van der Waals surface area contributed by atoms with E-state index in [1.165, 1.54) is 30.3 Å². The summed E-state index contributed by atoms with van der Waals surface area (Å²) >= 11 is 0. The van der Waals surface area contributed by atoms with Crippen molar-refractivity contribution in [3.8, 4) is 11.5 Å². The normalized spacial score (nSPS) is 12.0. The standard InChI is InChI=1S/C24H18FNO6/c25-16-4-3-5-17(13-16)26-22(27)14-32-24(29)19-7-2-1-6-18(19)23(28)15-8-9-20-21(12-15)31-11-10-30-20/h1-9,12-13H,10-11,14H2,(H,26,27). The molecule has 4 rings (SSSR count). The number of fused-ring (bicyclic) bond motifs is 1. The number of hydrogen-bond acceptors (Lipinski definition) is 6. The van der Waals surface area contributed by atoms with Gasteiger partial charge in [-0.2, -0.15) is 0 Å². The second kappa shape index (κ2) is 9.30. The molecular formula is C24H18FNO6. The quantitative estimate of drug-likeness (QED) is 0.470. The minimum absolute atomic E-state index is 0.0194. The second-order valence-corrected chi connectivity index (χ2v) is 6.87. The average molecular weight is 435 g/mol. The fraction of sp³-hybridized carbons (Fsp3) is 0.125. The number of halogens is 1. The molecule has 3 aromatic rings. The number of benzene rings is 3. The van der Waals surface area contributed by atoms with Gasteiger partial charge in [-0.15, -0.1) is 0 Å². The SMILES string of the molecule is O=C(COC(=O)c1ccccc1C(=O)c1ccc2c(c1)OCCO2)Nc1cccc(F)c1. The maximum absolute atomic E-state index is 13.2. The van der Waals surface area contributed by atoms with Crippen LogP contribution in [0.15, 0.2) is 66.7 Å². The number of ketones is 1. The smallest absolute Gasteiger partial charge is 0.339 e. The first-order valence-electron chi connectivity index (χ1n) is 9.77. The number of amides is 1. The third-order valence-electron chi connectivity index (χ3n) is 4.64. The first kappa shape index (κ1) is 21.0. The van der Waals surface area contributed by atoms with Crippen LogP contribution in [0.25, 0.3) is 0 Å². The van der Waals surface area contributed by atoms with Crippen molar-refractivity contribution in [3.05, 3.63) is 89.2 Å². The molecule has 32 heavy (non-hydrogen) atoms. The Bertz CT molecular complexity index is 1190. The van der Waals surface area contributed by atoms with Crippen molar-refractivity contribution in [2.24, 2.45) is 0 Å². The Morgan fingerprint density at radius 1 is 0.875 bits per heavy atom. The summed E-state index contributed by atoms with van der Waals surface area (Å²) in [5.41, 5.74) is 0.698. The van der Waals surface area contributed by atoms with Gasteiger partial charge in [-0.25, -0.2) is 9.18 Å². The predicted octanol–water partition coefficient (Wildman–Crippen LogP) is 3.62. The van der Waals surface area contributed by atoms with Crippen molar-refractivity contribution in [3.63, 3.8) is 0 Å². The van der Waals surface area contributed by atoms with E-state index in [0.29, 0.717) is 30.3 Å². The first-order valence-corrected chi connectivity index (χ1v) is 9.77. The van der Waals surface area contributed by atoms with E-state index in [2.05, 4.69) is 5.32 Å². The van der Waals surface area contributed by atoms with Crippen molar-refractivity contribution in [1.82, 2.24) is 0 Å². The van der Waals surface area contributed by atoms with Gasteiger partial charge in [-0.3, -0.25) is 9.59 Å². The Morgan fingerprint density at radius 3 is 2.41 bits per heavy atom. The van der Waals surface area contributed by atoms with E-state index in [1.807, 2.05) is 0 Å². The molecule has 1 amide bonds. The van der Waals surface area contributed by atoms with Gasteiger partial charge >= 0.3 is 5.97 Å². The zero-order valence-corrected chi connectivity index (χ0v) is 16.8. The van der Waals surface area contributed by atoms with Gasteiger partial charge in [0.25, 0.3) is 5.91 Å². The van der Waals surface area contributed by atoms with Crippen LogP contribution in [0.1, 0.15) is 26.3 Å². The van der Waals surface area contributed by atoms with E-state index in [9.17, 15) is 18.8 Å². The zero-order valence-electron chi connectivity index (χ0n) is 16.8. The van der Waals surface area contributed by atoms with E-state index in [0.717, 1.165) is 6.07 Å². The Morgan fingerprint density at radius 2 is 1.62 bits per heavy atom. The lowest BCUT2D eigenvalue weighted by Crippen LogP contribution is -2.22. The van der Waals surface area contributed by atoms with Crippen molar-refractivity contribution in [2.75, 3.05) is 25.1 Å². The van der Waals surface area contributed by atoms with Crippen molar-refractivity contribution in [2.45, 2.75) is 0 Å². The van der Waals surface area contributed by atoms with Crippen molar-refractivity contribution in [1.29, 1.82) is 0 Å². The molecule has 0 aliphatic carbocycles. The lowest BCUT2D eigenvalue weighted by atomic mass is 9.98. The minimum atomic E-state index is -0.833. The van der Waals surface area contributed by atoms with E-state index < -0.39 is 30.1 Å². The van der Waals surface area contributed by atoms with Gasteiger partial charge in [0.1, 0.15) is 19.0 Å². The molecule has 162 valence electrons. The third kappa shape index (κ3) is 4.75. The largest absolute Gasteiger partial charge is 0.486 e. The summed E-state index contributed by atoms with van der Waals surface area (Å²) in [5.74, 6) is -1.38. The number of carbonyl (C=O) groups is 3. The monoisotopic (exact) mass is 435 g/mol. The van der Waals surface area contributed by atoms with E-state index in [1.54, 1.807) is 30.3 Å². The Balaban J connectivity index is 1.46. The second-order valence-electron chi connectivity index (χ2n) is 6.87. The van der Waals surface area contributed by atoms with Gasteiger partial charge in [0.05, 0.1) is 5.56 Å². The molecule has 0 bridgehead atoms. The van der Waals surface area contributed by atoms with E-state index in [4.69, 9.17) is 14.2 Å². The summed E-state index contributed by atoms with van der Waals surface area (Å²) in [7, 11) is 0. The van der Waals surface area contributed by atoms with E-state index in [-0.39, 0.29) is 16.8 Å². The van der Waals surface area contributed by atoms with Gasteiger partial charge in [0, 0.05) is 16.8 Å². The zero-order chi connectivity index (χ0) is 22.5. The number of nitrogens with one attached hydrogen (secondary N) is 1. The molecule has 8 heteroatoms. The topological polar surface area (TPSA) is 90.9 Å². The molecule has 1 aliphatic heterocycles. The molecule has 0 saturated carbocycles. The molecular weight excluding hydrogens is 417 g/mol. The highest BCUT2D eigenvalue weighted by molar-refractivity contribution is 6.14. The van der Waals surface area contributed by atoms with Crippen LogP contribution >= 0.6 is 0 Å². The lowest BCUT2D eigenvalue weighted by molar-refractivity contribution is -0.119. The van der Waals surface area contributed by atoms with Crippen LogP contribution in [0.4, 0.5) is 10.1 Å². The van der Waals surface area contributed by atoms with Crippen LogP contribution in [0.3, 0.4) is 0 Å². The molecule has 1 N–H and O–H groups in total. The average Bonchev–Trinajstić information content (AvgIpc) is 2.82. The van der Waals surface area contributed by atoms with Gasteiger partial charge in [0.2, 0.25) is 0 Å². The summed E-state index contributed by atoms with van der Waals surface area (Å²) in [6, 6.07) is 16.3. The fourth-order valence-corrected chi connectivity index (χ4v) is 3.17. The molecule has 0 spiro atoms. The van der Waals surface area contributed by atoms with Crippen molar-refractivity contribution >= 4 is 23.3 Å². The summed E-state index contributed by atoms with van der Waals surface area (Å²) in [6.45, 7) is 0.217. The van der Waals surface area contributed by atoms with Gasteiger partial charge < -0.3 is 19.5 Å². The lowest BCUT2D eigenvalue weighted by Gasteiger charge is -2.18. The highest BCUT2D eigenvalue weighted by Gasteiger charge is 2.22. The molecule has 3 aromatic carbocycles. The van der Waals surface area contributed by atoms with Crippen LogP contribution in [-0.4, -0.2) is 37.5 Å². The maximum atomic E-state index is 13.2. The predicted molar refractivity (Wildman–Crippen MR) is 113 cm³/mol. The third-order valence-corrected chi connectivity index (χ3v) is 4.64. The number of hydrogen-bond donors (Lipinski definition) is 1. The molecule has 0 fully saturated rings. The molecule has 0 radical (unpaired) electrons. The highest BCUT2D eigenvalue weighted by atomic mass is 19.1. The molecule has 0 aromatic heterocycles. The van der Waals surface area contributed by atoms with E-state index >= 15 is 0 Å². The van der Waals surface area contributed by atoms with Crippen LogP contribution in [0.2, 0.25) is 0 Å². The fourth-order valence-electron chi connectivity index (χ4n) is 3.17. The summed E-state index contributed by atoms with van der Waals surface area (Å²) < 4.78 is 29.3. The molecule has 7 nitrogen and oxygen atoms in total. The number of rotatable bonds is 6. The summed E-state index contributed by atoms with van der Waals surface area (Å²) in [5, 5.41) is 2.43. The first-order chi connectivity index (χ1) is 15.5. The highest BCUT2D eigenvalue weighted by Crippen LogP contribution is 2.31. The van der Waals surface area contributed by atoms with Gasteiger partial charge in [-0.1, -0.05) is 24.3 Å². The van der Waals surface area contributed by atoms with Gasteiger partial charge in [-0.05, 0) is 42.5 Å². The Kier molecular flexibility index (Phi) is 6.12. The molecule has 0 saturated heterocycles. The number of carbonyl (C=O) groups excluding carboxylic acids is 3. The van der Waals surface area contributed by atoms with Crippen LogP contribution in [0.5, 0.6) is 11.5 Å². The molecule has 0 unspecified atom stereocenters. The summed E-state index contributed by atoms with van der Waals surface area (Å²) in [4.78, 5) is 37.7. The number of esters is 1. The maximum Gasteiger partial charge on any atom is 0.339 e. The van der Waals surface area contributed by atoms with Gasteiger partial charge in [0.15, 0.2) is 23.9 Å². The minimum Gasteiger partial charge on any atom is -0.486 e. The number of ether oxygens (including phenoxy) is 3. The molecule has 0 atom stereocenters. The van der Waals surface area contributed by atoms with Crippen LogP contribution < -0.4 is 14.8 Å². The Hall–Kier alpha value is -4.20. The summed E-state index contributed by atoms with van der Waals surface area (Å²) in [6.07, 6.45) is 0.